The van der Waals surface area contributed by atoms with Gasteiger partial charge in [-0.15, -0.1) is 0 Å². The van der Waals surface area contributed by atoms with E-state index in [4.69, 9.17) is 27.9 Å². The van der Waals surface area contributed by atoms with Gasteiger partial charge in [-0.2, -0.15) is 0 Å². The van der Waals surface area contributed by atoms with Crippen LogP contribution in [0.25, 0.3) is 0 Å². The van der Waals surface area contributed by atoms with Crippen LogP contribution in [0.4, 0.5) is 5.69 Å². The third kappa shape index (κ3) is 4.63. The van der Waals surface area contributed by atoms with Crippen molar-refractivity contribution in [3.05, 3.63) is 58.1 Å². The number of nitrogens with one attached hydrogen (secondary N) is 1. The average molecular weight is 352 g/mol. The van der Waals surface area contributed by atoms with E-state index in [2.05, 4.69) is 19.2 Å². The zero-order valence-electron chi connectivity index (χ0n) is 13.3. The van der Waals surface area contributed by atoms with E-state index in [1.807, 2.05) is 24.3 Å². The number of rotatable bonds is 5. The summed E-state index contributed by atoms with van der Waals surface area (Å²) in [4.78, 5) is 12.3. The van der Waals surface area contributed by atoms with Crippen molar-refractivity contribution in [1.82, 2.24) is 0 Å². The first-order valence-corrected chi connectivity index (χ1v) is 8.15. The molecule has 122 valence electrons. The largest absolute Gasteiger partial charge is 0.481 e. The first-order chi connectivity index (χ1) is 10.9. The molecule has 0 aliphatic rings. The second-order valence-electron chi connectivity index (χ2n) is 5.57. The van der Waals surface area contributed by atoms with Crippen molar-refractivity contribution < 1.29 is 9.53 Å². The highest BCUT2D eigenvalue weighted by Crippen LogP contribution is 2.27. The first-order valence-electron chi connectivity index (χ1n) is 7.40. The predicted octanol–water partition coefficient (Wildman–Crippen LogP) is 5.52. The van der Waals surface area contributed by atoms with Crippen LogP contribution >= 0.6 is 23.2 Å². The number of para-hydroxylation sites is 1. The van der Waals surface area contributed by atoms with Gasteiger partial charge in [-0.1, -0.05) is 55.2 Å². The number of carbonyl (C=O) groups is 1. The monoisotopic (exact) mass is 351 g/mol. The molecule has 1 N–H and O–H groups in total. The Morgan fingerprint density at radius 1 is 1.04 bits per heavy atom. The minimum atomic E-state index is -0.635. The number of halogens is 2. The fourth-order valence-corrected chi connectivity index (χ4v) is 2.42. The molecular formula is C18H19Cl2NO2. The lowest BCUT2D eigenvalue weighted by Crippen LogP contribution is -2.30. The van der Waals surface area contributed by atoms with E-state index in [-0.39, 0.29) is 5.91 Å². The van der Waals surface area contributed by atoms with Crippen molar-refractivity contribution in [2.75, 3.05) is 5.32 Å². The number of amides is 1. The average Bonchev–Trinajstić information content (AvgIpc) is 2.51. The summed E-state index contributed by atoms with van der Waals surface area (Å²) in [6.45, 7) is 5.88. The molecule has 1 amide bonds. The highest BCUT2D eigenvalue weighted by atomic mass is 35.5. The summed E-state index contributed by atoms with van der Waals surface area (Å²) in [5.41, 5.74) is 1.65. The van der Waals surface area contributed by atoms with E-state index in [0.29, 0.717) is 21.7 Å². The van der Waals surface area contributed by atoms with Gasteiger partial charge >= 0.3 is 0 Å². The molecule has 2 aromatic rings. The molecule has 0 aliphatic carbocycles. The van der Waals surface area contributed by atoms with Crippen molar-refractivity contribution in [2.45, 2.75) is 32.8 Å². The summed E-state index contributed by atoms with van der Waals surface area (Å²) in [6.07, 6.45) is -0.635. The van der Waals surface area contributed by atoms with Crippen LogP contribution in [0.3, 0.4) is 0 Å². The number of hydrogen-bond acceptors (Lipinski definition) is 2. The molecule has 0 saturated carbocycles. The van der Waals surface area contributed by atoms with Crippen LogP contribution in [0, 0.1) is 0 Å². The minimum absolute atomic E-state index is 0.248. The van der Waals surface area contributed by atoms with Gasteiger partial charge in [0, 0.05) is 5.69 Å². The number of hydrogen-bond donors (Lipinski definition) is 1. The standard InChI is InChI=1S/C18H19Cl2NO2/c1-11(2)14-6-4-5-7-17(14)23-12(3)18(22)21-13-8-9-15(19)16(20)10-13/h4-12H,1-3H3,(H,21,22). The Balaban J connectivity index is 2.07. The van der Waals surface area contributed by atoms with E-state index in [0.717, 1.165) is 11.3 Å². The first kappa shape index (κ1) is 17.6. The van der Waals surface area contributed by atoms with E-state index in [1.165, 1.54) is 0 Å². The maximum atomic E-state index is 12.3. The van der Waals surface area contributed by atoms with Crippen molar-refractivity contribution >= 4 is 34.8 Å². The molecule has 3 nitrogen and oxygen atoms in total. The van der Waals surface area contributed by atoms with Gasteiger partial charge in [-0.25, -0.2) is 0 Å². The molecule has 0 bridgehead atoms. The molecule has 1 unspecified atom stereocenters. The van der Waals surface area contributed by atoms with Gasteiger partial charge in [0.2, 0.25) is 0 Å². The number of carbonyl (C=O) groups excluding carboxylic acids is 1. The zero-order valence-corrected chi connectivity index (χ0v) is 14.8. The van der Waals surface area contributed by atoms with E-state index in [1.54, 1.807) is 25.1 Å². The van der Waals surface area contributed by atoms with Crippen LogP contribution in [0.15, 0.2) is 42.5 Å². The smallest absolute Gasteiger partial charge is 0.265 e. The van der Waals surface area contributed by atoms with E-state index in [9.17, 15) is 4.79 Å². The van der Waals surface area contributed by atoms with Gasteiger partial charge in [0.1, 0.15) is 5.75 Å². The van der Waals surface area contributed by atoms with Crippen LogP contribution in [0.2, 0.25) is 10.0 Å². The molecule has 0 radical (unpaired) electrons. The maximum Gasteiger partial charge on any atom is 0.265 e. The van der Waals surface area contributed by atoms with Crippen LogP contribution < -0.4 is 10.1 Å². The van der Waals surface area contributed by atoms with Gasteiger partial charge in [0.15, 0.2) is 6.10 Å². The van der Waals surface area contributed by atoms with Gasteiger partial charge in [-0.05, 0) is 42.7 Å². The molecule has 0 fully saturated rings. The second-order valence-corrected chi connectivity index (χ2v) is 6.39. The summed E-state index contributed by atoms with van der Waals surface area (Å²) >= 11 is 11.8. The molecule has 1 atom stereocenters. The highest BCUT2D eigenvalue weighted by molar-refractivity contribution is 6.42. The quantitative estimate of drug-likeness (QED) is 0.769. The van der Waals surface area contributed by atoms with Crippen LogP contribution in [-0.4, -0.2) is 12.0 Å². The van der Waals surface area contributed by atoms with Gasteiger partial charge in [0.05, 0.1) is 10.0 Å². The summed E-state index contributed by atoms with van der Waals surface area (Å²) in [5, 5.41) is 3.61. The lowest BCUT2D eigenvalue weighted by atomic mass is 10.0. The third-order valence-corrected chi connectivity index (χ3v) is 4.14. The second kappa shape index (κ2) is 7.71. The molecule has 0 aromatic heterocycles. The summed E-state index contributed by atoms with van der Waals surface area (Å²) < 4.78 is 5.82. The van der Waals surface area contributed by atoms with Crippen LogP contribution in [0.5, 0.6) is 5.75 Å². The van der Waals surface area contributed by atoms with Crippen LogP contribution in [-0.2, 0) is 4.79 Å². The molecule has 2 rings (SSSR count). The summed E-state index contributed by atoms with van der Waals surface area (Å²) in [5.74, 6) is 0.790. The minimum Gasteiger partial charge on any atom is -0.481 e. The predicted molar refractivity (Wildman–Crippen MR) is 95.7 cm³/mol. The molecular weight excluding hydrogens is 333 g/mol. The van der Waals surface area contributed by atoms with E-state index >= 15 is 0 Å². The topological polar surface area (TPSA) is 38.3 Å². The SMILES string of the molecule is CC(Oc1ccccc1C(C)C)C(=O)Nc1ccc(Cl)c(Cl)c1. The third-order valence-electron chi connectivity index (χ3n) is 3.40. The molecule has 23 heavy (non-hydrogen) atoms. The summed E-state index contributed by atoms with van der Waals surface area (Å²) in [7, 11) is 0. The van der Waals surface area contributed by atoms with Gasteiger partial charge in [-0.3, -0.25) is 4.79 Å². The molecule has 2 aromatic carbocycles. The van der Waals surface area contributed by atoms with Gasteiger partial charge in [0.25, 0.3) is 5.91 Å². The Kier molecular flexibility index (Phi) is 5.91. The fraction of sp³-hybridized carbons (Fsp3) is 0.278. The lowest BCUT2D eigenvalue weighted by Gasteiger charge is -2.18. The van der Waals surface area contributed by atoms with Gasteiger partial charge < -0.3 is 10.1 Å². The normalized spacial score (nSPS) is 12.1. The maximum absolute atomic E-state index is 12.3. The Hall–Kier alpha value is -1.71. The summed E-state index contributed by atoms with van der Waals surface area (Å²) in [6, 6.07) is 12.7. The highest BCUT2D eigenvalue weighted by Gasteiger charge is 2.17. The molecule has 5 heteroatoms. The van der Waals surface area contributed by atoms with Crippen molar-refractivity contribution in [3.8, 4) is 5.75 Å². The van der Waals surface area contributed by atoms with E-state index < -0.39 is 6.10 Å². The Morgan fingerprint density at radius 3 is 2.39 bits per heavy atom. The number of ether oxygens (including phenoxy) is 1. The van der Waals surface area contributed by atoms with Crippen molar-refractivity contribution in [3.63, 3.8) is 0 Å². The Morgan fingerprint density at radius 2 is 1.74 bits per heavy atom. The number of anilines is 1. The van der Waals surface area contributed by atoms with Crippen molar-refractivity contribution in [2.24, 2.45) is 0 Å². The molecule has 0 aliphatic heterocycles. The van der Waals surface area contributed by atoms with Crippen molar-refractivity contribution in [1.29, 1.82) is 0 Å². The van der Waals surface area contributed by atoms with Crippen LogP contribution in [0.1, 0.15) is 32.3 Å². The molecule has 0 spiro atoms. The fourth-order valence-electron chi connectivity index (χ4n) is 2.13. The molecule has 0 heterocycles. The Labute approximate surface area is 146 Å². The zero-order chi connectivity index (χ0) is 17.0. The Bertz CT molecular complexity index is 701. The lowest BCUT2D eigenvalue weighted by molar-refractivity contribution is -0.122. The number of benzene rings is 2. The molecule has 0 saturated heterocycles.